The van der Waals surface area contributed by atoms with Crippen molar-refractivity contribution in [1.82, 2.24) is 4.90 Å². The van der Waals surface area contributed by atoms with E-state index in [0.717, 1.165) is 23.4 Å². The molecule has 152 valence electrons. The Morgan fingerprint density at radius 1 is 0.714 bits per heavy atom. The standard InChI is InChI=1S/C22H29NO5/c1-23(2)11-12-28-19-13-16(9-10-18(19)24-3)7-8-17-14-20(25-4)22(27-6)21(15-17)26-5/h7-10,13-15H,11-12H2,1-6H3/b8-7-. The van der Waals surface area contributed by atoms with Crippen molar-refractivity contribution in [3.8, 4) is 28.7 Å². The third-order valence-electron chi connectivity index (χ3n) is 4.14. The highest BCUT2D eigenvalue weighted by Crippen LogP contribution is 2.38. The molecule has 2 aromatic rings. The van der Waals surface area contributed by atoms with Gasteiger partial charge in [-0.3, -0.25) is 0 Å². The smallest absolute Gasteiger partial charge is 0.203 e. The Balaban J connectivity index is 2.26. The zero-order valence-electron chi connectivity index (χ0n) is 17.4. The van der Waals surface area contributed by atoms with E-state index in [4.69, 9.17) is 23.7 Å². The van der Waals surface area contributed by atoms with Gasteiger partial charge in [-0.05, 0) is 49.5 Å². The van der Waals surface area contributed by atoms with Crippen LogP contribution in [0.3, 0.4) is 0 Å². The summed E-state index contributed by atoms with van der Waals surface area (Å²) in [5, 5.41) is 0. The van der Waals surface area contributed by atoms with E-state index >= 15 is 0 Å². The second kappa shape index (κ2) is 10.5. The number of benzene rings is 2. The molecule has 0 saturated heterocycles. The fourth-order valence-corrected chi connectivity index (χ4v) is 2.64. The van der Waals surface area contributed by atoms with Crippen molar-refractivity contribution in [2.75, 3.05) is 55.7 Å². The van der Waals surface area contributed by atoms with Gasteiger partial charge in [-0.25, -0.2) is 0 Å². The fourth-order valence-electron chi connectivity index (χ4n) is 2.64. The first-order valence-corrected chi connectivity index (χ1v) is 8.96. The summed E-state index contributed by atoms with van der Waals surface area (Å²) in [6, 6.07) is 9.64. The zero-order valence-corrected chi connectivity index (χ0v) is 17.4. The maximum absolute atomic E-state index is 5.88. The highest BCUT2D eigenvalue weighted by atomic mass is 16.5. The molecule has 2 rings (SSSR count). The lowest BCUT2D eigenvalue weighted by Gasteiger charge is -2.14. The van der Waals surface area contributed by atoms with Crippen molar-refractivity contribution < 1.29 is 23.7 Å². The van der Waals surface area contributed by atoms with Gasteiger partial charge in [-0.1, -0.05) is 18.2 Å². The summed E-state index contributed by atoms with van der Waals surface area (Å²) in [5.41, 5.74) is 1.93. The summed E-state index contributed by atoms with van der Waals surface area (Å²) in [6.07, 6.45) is 3.98. The minimum atomic E-state index is 0.572. The summed E-state index contributed by atoms with van der Waals surface area (Å²) in [4.78, 5) is 2.07. The molecule has 0 N–H and O–H groups in total. The van der Waals surface area contributed by atoms with E-state index < -0.39 is 0 Å². The van der Waals surface area contributed by atoms with Gasteiger partial charge in [0, 0.05) is 6.54 Å². The van der Waals surface area contributed by atoms with Crippen LogP contribution in [0.25, 0.3) is 12.2 Å². The Morgan fingerprint density at radius 3 is 1.82 bits per heavy atom. The highest BCUT2D eigenvalue weighted by Gasteiger charge is 2.12. The molecule has 0 unspecified atom stereocenters. The van der Waals surface area contributed by atoms with Crippen LogP contribution < -0.4 is 23.7 Å². The van der Waals surface area contributed by atoms with Gasteiger partial charge >= 0.3 is 0 Å². The number of hydrogen-bond acceptors (Lipinski definition) is 6. The molecule has 28 heavy (non-hydrogen) atoms. The van der Waals surface area contributed by atoms with Crippen LogP contribution >= 0.6 is 0 Å². The molecule has 0 aromatic heterocycles. The van der Waals surface area contributed by atoms with Crippen molar-refractivity contribution >= 4 is 12.2 Å². The van der Waals surface area contributed by atoms with E-state index in [-0.39, 0.29) is 0 Å². The molecule has 0 aliphatic rings. The monoisotopic (exact) mass is 387 g/mol. The maximum Gasteiger partial charge on any atom is 0.203 e. The van der Waals surface area contributed by atoms with Gasteiger partial charge in [0.25, 0.3) is 0 Å². The highest BCUT2D eigenvalue weighted by molar-refractivity contribution is 5.73. The average Bonchev–Trinajstić information content (AvgIpc) is 2.71. The Hall–Kier alpha value is -2.86. The lowest BCUT2D eigenvalue weighted by Crippen LogP contribution is -2.19. The number of rotatable bonds is 10. The summed E-state index contributed by atoms with van der Waals surface area (Å²) < 4.78 is 27.4. The van der Waals surface area contributed by atoms with Gasteiger partial charge in [0.15, 0.2) is 23.0 Å². The molecular weight excluding hydrogens is 358 g/mol. The van der Waals surface area contributed by atoms with Crippen molar-refractivity contribution in [1.29, 1.82) is 0 Å². The molecule has 0 aliphatic heterocycles. The Kier molecular flexibility index (Phi) is 8.02. The molecule has 6 nitrogen and oxygen atoms in total. The number of ether oxygens (including phenoxy) is 5. The Labute approximate surface area is 167 Å². The van der Waals surface area contributed by atoms with Crippen LogP contribution in [0.2, 0.25) is 0 Å². The summed E-state index contributed by atoms with van der Waals surface area (Å²) in [6.45, 7) is 1.41. The average molecular weight is 387 g/mol. The molecule has 0 saturated carbocycles. The first-order chi connectivity index (χ1) is 13.5. The first-order valence-electron chi connectivity index (χ1n) is 8.96. The van der Waals surface area contributed by atoms with E-state index in [9.17, 15) is 0 Å². The van der Waals surface area contributed by atoms with Gasteiger partial charge in [0.05, 0.1) is 28.4 Å². The SMILES string of the molecule is COc1ccc(/C=C\c2cc(OC)c(OC)c(OC)c2)cc1OCCN(C)C. The van der Waals surface area contributed by atoms with Crippen LogP contribution in [0.5, 0.6) is 28.7 Å². The molecule has 0 aliphatic carbocycles. The second-order valence-electron chi connectivity index (χ2n) is 6.35. The van der Waals surface area contributed by atoms with Crippen molar-refractivity contribution in [2.45, 2.75) is 0 Å². The number of methoxy groups -OCH3 is 4. The molecule has 0 bridgehead atoms. The normalized spacial score (nSPS) is 11.0. The van der Waals surface area contributed by atoms with Crippen LogP contribution in [-0.4, -0.2) is 60.6 Å². The Morgan fingerprint density at radius 2 is 1.29 bits per heavy atom. The van der Waals surface area contributed by atoms with E-state index in [0.29, 0.717) is 29.6 Å². The zero-order chi connectivity index (χ0) is 20.5. The number of likely N-dealkylation sites (N-methyl/N-ethyl adjacent to an activating group) is 1. The molecule has 0 amide bonds. The van der Waals surface area contributed by atoms with Crippen molar-refractivity contribution in [3.63, 3.8) is 0 Å². The third-order valence-corrected chi connectivity index (χ3v) is 4.14. The summed E-state index contributed by atoms with van der Waals surface area (Å²) in [5.74, 6) is 3.23. The van der Waals surface area contributed by atoms with Gasteiger partial charge < -0.3 is 28.6 Å². The maximum atomic E-state index is 5.88. The molecule has 2 aromatic carbocycles. The van der Waals surface area contributed by atoms with Gasteiger partial charge in [-0.2, -0.15) is 0 Å². The quantitative estimate of drug-likeness (QED) is 0.578. The summed E-state index contributed by atoms with van der Waals surface area (Å²) in [7, 11) is 10.5. The van der Waals surface area contributed by atoms with Crippen LogP contribution in [0.15, 0.2) is 30.3 Å². The molecule has 0 spiro atoms. The van der Waals surface area contributed by atoms with Gasteiger partial charge in [0.1, 0.15) is 6.61 Å². The summed E-state index contributed by atoms with van der Waals surface area (Å²) >= 11 is 0. The van der Waals surface area contributed by atoms with Crippen molar-refractivity contribution in [2.24, 2.45) is 0 Å². The third kappa shape index (κ3) is 5.57. The lowest BCUT2D eigenvalue weighted by molar-refractivity contribution is 0.250. The molecule has 0 radical (unpaired) electrons. The van der Waals surface area contributed by atoms with Gasteiger partial charge in [-0.15, -0.1) is 0 Å². The van der Waals surface area contributed by atoms with Crippen LogP contribution in [0.1, 0.15) is 11.1 Å². The number of nitrogens with zero attached hydrogens (tertiary/aromatic N) is 1. The molecule has 6 heteroatoms. The first kappa shape index (κ1) is 21.4. The van der Waals surface area contributed by atoms with Crippen LogP contribution in [0, 0.1) is 0 Å². The topological polar surface area (TPSA) is 49.4 Å². The number of hydrogen-bond donors (Lipinski definition) is 0. The lowest BCUT2D eigenvalue weighted by atomic mass is 10.1. The predicted octanol–water partition coefficient (Wildman–Crippen LogP) is 3.83. The molecule has 0 atom stereocenters. The molecule has 0 heterocycles. The van der Waals surface area contributed by atoms with E-state index in [1.807, 2.05) is 56.6 Å². The second-order valence-corrected chi connectivity index (χ2v) is 6.35. The molecular formula is C22H29NO5. The van der Waals surface area contributed by atoms with Gasteiger partial charge in [0.2, 0.25) is 5.75 Å². The molecule has 0 fully saturated rings. The van der Waals surface area contributed by atoms with Crippen LogP contribution in [0.4, 0.5) is 0 Å². The van der Waals surface area contributed by atoms with E-state index in [1.165, 1.54) is 0 Å². The van der Waals surface area contributed by atoms with Crippen molar-refractivity contribution in [3.05, 3.63) is 41.5 Å². The Bertz CT molecular complexity index is 777. The minimum absolute atomic E-state index is 0.572. The largest absolute Gasteiger partial charge is 0.493 e. The van der Waals surface area contributed by atoms with E-state index in [2.05, 4.69) is 4.90 Å². The van der Waals surface area contributed by atoms with E-state index in [1.54, 1.807) is 28.4 Å². The minimum Gasteiger partial charge on any atom is -0.493 e. The fraction of sp³-hybridized carbons (Fsp3) is 0.364. The predicted molar refractivity (Wildman–Crippen MR) is 112 cm³/mol. The van der Waals surface area contributed by atoms with Crippen LogP contribution in [-0.2, 0) is 0 Å².